The van der Waals surface area contributed by atoms with E-state index in [1.54, 1.807) is 12.4 Å². The molecule has 4 aromatic rings. The Kier molecular flexibility index (Phi) is 12.5. The number of nitrogens with zero attached hydrogens (tertiary/aromatic N) is 2. The molecule has 2 amide bonds. The number of thiophene rings is 1. The first-order valence-corrected chi connectivity index (χ1v) is 18.1. The van der Waals surface area contributed by atoms with E-state index in [1.807, 2.05) is 54.6 Å². The van der Waals surface area contributed by atoms with Crippen LogP contribution in [0.2, 0.25) is 0 Å². The first-order chi connectivity index (χ1) is 23.7. The Morgan fingerprint density at radius 3 is 2.33 bits per heavy atom. The van der Waals surface area contributed by atoms with Gasteiger partial charge in [0.05, 0.1) is 11.5 Å². The van der Waals surface area contributed by atoms with Crippen molar-refractivity contribution in [2.75, 3.05) is 6.61 Å². The highest BCUT2D eigenvalue weighted by Crippen LogP contribution is 2.32. The van der Waals surface area contributed by atoms with Gasteiger partial charge in [0.25, 0.3) is 5.91 Å². The van der Waals surface area contributed by atoms with Crippen molar-refractivity contribution in [2.24, 2.45) is 5.92 Å². The molecule has 3 atom stereocenters. The summed E-state index contributed by atoms with van der Waals surface area (Å²) >= 11 is 1.47. The third-order valence-electron chi connectivity index (χ3n) is 8.91. The lowest BCUT2D eigenvalue weighted by atomic mass is 9.90. The van der Waals surface area contributed by atoms with Crippen LogP contribution >= 0.6 is 11.3 Å². The summed E-state index contributed by atoms with van der Waals surface area (Å²) in [5.74, 6) is -0.0425. The number of benzene rings is 2. The van der Waals surface area contributed by atoms with E-state index in [4.69, 9.17) is 4.74 Å². The molecule has 5 rings (SSSR count). The number of carbonyl (C=O) groups excluding carboxylic acids is 2. The molecular weight excluding hydrogens is 637 g/mol. The number of hydrogen-bond acceptors (Lipinski definition) is 7. The van der Waals surface area contributed by atoms with E-state index in [0.717, 1.165) is 60.3 Å². The Balaban J connectivity index is 1.21. The van der Waals surface area contributed by atoms with Crippen LogP contribution in [0.25, 0.3) is 22.5 Å². The number of aromatic nitrogens is 2. The minimum Gasteiger partial charge on any atom is -0.494 e. The van der Waals surface area contributed by atoms with Crippen LogP contribution in [0.1, 0.15) is 85.0 Å². The highest BCUT2D eigenvalue weighted by atomic mass is 32.1. The molecular formula is C39H46N4O5S. The van der Waals surface area contributed by atoms with Crippen molar-refractivity contribution in [3.8, 4) is 28.3 Å². The third kappa shape index (κ3) is 9.98. The number of nitrogens with one attached hydrogen (secondary N) is 2. The highest BCUT2D eigenvalue weighted by Gasteiger charge is 2.27. The summed E-state index contributed by atoms with van der Waals surface area (Å²) in [6.07, 6.45) is 12.8. The Bertz CT molecular complexity index is 1700. The van der Waals surface area contributed by atoms with Gasteiger partial charge in [0.1, 0.15) is 17.8 Å². The van der Waals surface area contributed by atoms with Crippen LogP contribution in [0, 0.1) is 5.92 Å². The minimum absolute atomic E-state index is 0.185. The summed E-state index contributed by atoms with van der Waals surface area (Å²) in [7, 11) is 0. The van der Waals surface area contributed by atoms with E-state index in [1.165, 1.54) is 54.4 Å². The van der Waals surface area contributed by atoms with Crippen molar-refractivity contribution >= 4 is 29.1 Å². The van der Waals surface area contributed by atoms with Crippen molar-refractivity contribution in [1.82, 2.24) is 20.6 Å². The summed E-state index contributed by atoms with van der Waals surface area (Å²) in [5, 5.41) is 14.7. The number of ether oxygens (including phenoxy) is 1. The smallest absolute Gasteiger partial charge is 0.325 e. The number of rotatable bonds is 16. The summed E-state index contributed by atoms with van der Waals surface area (Å²) in [4.78, 5) is 48.9. The molecule has 2 aromatic carbocycles. The Labute approximate surface area is 292 Å². The number of unbranched alkanes of at least 4 members (excludes halogenated alkanes) is 4. The SMILES string of the molecule is CCCCCCCOc1ccc(-c2cnc(-c3ccc(CC(NC(=O)c4cc5c(s4)CCC(C)C5)C(=O)NC(C)C(=O)O)cc3)nc2)cc1. The maximum Gasteiger partial charge on any atom is 0.325 e. The Hall–Kier alpha value is -4.57. The lowest BCUT2D eigenvalue weighted by molar-refractivity contribution is -0.141. The molecule has 2 aromatic heterocycles. The van der Waals surface area contributed by atoms with Crippen LogP contribution in [0.15, 0.2) is 67.0 Å². The molecule has 2 heterocycles. The van der Waals surface area contributed by atoms with Gasteiger partial charge in [-0.1, -0.05) is 75.9 Å². The number of hydrogen-bond donors (Lipinski definition) is 3. The highest BCUT2D eigenvalue weighted by molar-refractivity contribution is 7.14. The van der Waals surface area contributed by atoms with Crippen LogP contribution < -0.4 is 15.4 Å². The molecule has 258 valence electrons. The molecule has 0 radical (unpaired) electrons. The van der Waals surface area contributed by atoms with E-state index in [-0.39, 0.29) is 12.3 Å². The molecule has 0 spiro atoms. The molecule has 0 fully saturated rings. The maximum absolute atomic E-state index is 13.3. The fourth-order valence-electron chi connectivity index (χ4n) is 5.92. The van der Waals surface area contributed by atoms with Gasteiger partial charge in [-0.25, -0.2) is 9.97 Å². The second-order valence-corrected chi connectivity index (χ2v) is 14.1. The van der Waals surface area contributed by atoms with Crippen molar-refractivity contribution < 1.29 is 24.2 Å². The molecule has 0 aliphatic heterocycles. The standard InChI is InChI=1S/C39H46N4O5S/c1-4-5-6-7-8-19-48-32-16-14-28(15-17-32)31-23-40-36(41-24-31)29-12-10-27(11-13-29)21-33(37(44)42-26(3)39(46)47)43-38(45)35-22-30-20-25(2)9-18-34(30)49-35/h10-17,22-26,33H,4-9,18-21H2,1-3H3,(H,42,44)(H,43,45)(H,46,47). The lowest BCUT2D eigenvalue weighted by Gasteiger charge is -2.20. The Morgan fingerprint density at radius 1 is 0.939 bits per heavy atom. The van der Waals surface area contributed by atoms with Gasteiger partial charge in [-0.05, 0) is 73.4 Å². The van der Waals surface area contributed by atoms with Gasteiger partial charge in [0.2, 0.25) is 5.91 Å². The van der Waals surface area contributed by atoms with E-state index in [0.29, 0.717) is 16.6 Å². The predicted octanol–water partition coefficient (Wildman–Crippen LogP) is 7.28. The minimum atomic E-state index is -1.15. The van der Waals surface area contributed by atoms with Crippen LogP contribution in [-0.2, 0) is 28.9 Å². The van der Waals surface area contributed by atoms with Gasteiger partial charge in [-0.15, -0.1) is 11.3 Å². The lowest BCUT2D eigenvalue weighted by Crippen LogP contribution is -2.51. The number of carboxylic acids is 1. The van der Waals surface area contributed by atoms with Gasteiger partial charge in [-0.2, -0.15) is 0 Å². The van der Waals surface area contributed by atoms with Gasteiger partial charge in [-0.3, -0.25) is 14.4 Å². The van der Waals surface area contributed by atoms with Gasteiger partial charge >= 0.3 is 5.97 Å². The molecule has 10 heteroatoms. The van der Waals surface area contributed by atoms with Gasteiger partial charge in [0, 0.05) is 34.8 Å². The zero-order valence-corrected chi connectivity index (χ0v) is 29.4. The summed E-state index contributed by atoms with van der Waals surface area (Å²) in [6.45, 7) is 6.55. The van der Waals surface area contributed by atoms with E-state index in [2.05, 4.69) is 34.4 Å². The molecule has 0 bridgehead atoms. The van der Waals surface area contributed by atoms with Gasteiger partial charge in [0.15, 0.2) is 5.82 Å². The number of aryl methyl sites for hydroxylation is 1. The van der Waals surface area contributed by atoms with E-state index in [9.17, 15) is 19.5 Å². The van der Waals surface area contributed by atoms with Crippen molar-refractivity contribution in [2.45, 2.75) is 90.6 Å². The molecule has 0 saturated carbocycles. The average molecular weight is 683 g/mol. The number of amides is 2. The van der Waals surface area contributed by atoms with Crippen LogP contribution in [0.3, 0.4) is 0 Å². The molecule has 49 heavy (non-hydrogen) atoms. The monoisotopic (exact) mass is 682 g/mol. The first kappa shape index (κ1) is 35.7. The molecule has 3 N–H and O–H groups in total. The van der Waals surface area contributed by atoms with Crippen molar-refractivity contribution in [3.05, 3.63) is 87.9 Å². The molecule has 9 nitrogen and oxygen atoms in total. The fraction of sp³-hybridized carbons (Fsp3) is 0.410. The van der Waals surface area contributed by atoms with Crippen LogP contribution in [-0.4, -0.2) is 51.5 Å². The number of aliphatic carboxylic acids is 1. The average Bonchev–Trinajstić information content (AvgIpc) is 3.54. The molecule has 0 saturated heterocycles. The molecule has 1 aliphatic rings. The second kappa shape index (κ2) is 17.2. The van der Waals surface area contributed by atoms with E-state index < -0.39 is 24.0 Å². The predicted molar refractivity (Wildman–Crippen MR) is 193 cm³/mol. The second-order valence-electron chi connectivity index (χ2n) is 13.0. The third-order valence-corrected chi connectivity index (χ3v) is 10.1. The summed E-state index contributed by atoms with van der Waals surface area (Å²) in [5.41, 5.74) is 4.70. The van der Waals surface area contributed by atoms with Gasteiger partial charge < -0.3 is 20.5 Å². The molecule has 3 unspecified atom stereocenters. The number of carbonyl (C=O) groups is 3. The zero-order chi connectivity index (χ0) is 34.8. The maximum atomic E-state index is 13.3. The van der Waals surface area contributed by atoms with Crippen LogP contribution in [0.4, 0.5) is 0 Å². The molecule has 1 aliphatic carbocycles. The largest absolute Gasteiger partial charge is 0.494 e. The quantitative estimate of drug-likeness (QED) is 0.106. The summed E-state index contributed by atoms with van der Waals surface area (Å²) in [6, 6.07) is 15.3. The topological polar surface area (TPSA) is 131 Å². The van der Waals surface area contributed by atoms with Crippen molar-refractivity contribution in [3.63, 3.8) is 0 Å². The normalized spacial score (nSPS) is 15.1. The van der Waals surface area contributed by atoms with Crippen LogP contribution in [0.5, 0.6) is 5.75 Å². The fourth-order valence-corrected chi connectivity index (χ4v) is 7.03. The zero-order valence-electron chi connectivity index (χ0n) is 28.5. The first-order valence-electron chi connectivity index (χ1n) is 17.3. The van der Waals surface area contributed by atoms with Crippen molar-refractivity contribution in [1.29, 1.82) is 0 Å². The summed E-state index contributed by atoms with van der Waals surface area (Å²) < 4.78 is 5.89. The Morgan fingerprint density at radius 2 is 1.63 bits per heavy atom. The van der Waals surface area contributed by atoms with E-state index >= 15 is 0 Å². The number of fused-ring (bicyclic) bond motifs is 1. The number of carboxylic acid groups (broad SMARTS) is 1.